The Kier molecular flexibility index (Phi) is 2.73. The average molecular weight is 191 g/mol. The summed E-state index contributed by atoms with van der Waals surface area (Å²) < 4.78 is 5.87. The first-order valence-corrected chi connectivity index (χ1v) is 5.19. The number of para-hydroxylation sites is 1. The highest BCUT2D eigenvalue weighted by atomic mass is 16.5. The van der Waals surface area contributed by atoms with Crippen LogP contribution >= 0.6 is 0 Å². The van der Waals surface area contributed by atoms with Gasteiger partial charge in [0.2, 0.25) is 0 Å². The molecule has 1 aliphatic carbocycles. The maximum Gasteiger partial charge on any atom is 0.122 e. The normalized spacial score (nSPS) is 25.6. The predicted molar refractivity (Wildman–Crippen MR) is 57.7 cm³/mol. The summed E-state index contributed by atoms with van der Waals surface area (Å²) in [5, 5.41) is 3.25. The molecule has 0 saturated heterocycles. The van der Waals surface area contributed by atoms with Crippen molar-refractivity contribution in [2.45, 2.75) is 31.9 Å². The van der Waals surface area contributed by atoms with E-state index in [0.717, 1.165) is 18.6 Å². The highest BCUT2D eigenvalue weighted by Crippen LogP contribution is 2.27. The Labute approximate surface area is 85.3 Å². The highest BCUT2D eigenvalue weighted by Gasteiger charge is 2.29. The molecule has 14 heavy (non-hydrogen) atoms. The summed E-state index contributed by atoms with van der Waals surface area (Å²) in [5.41, 5.74) is 1.22. The van der Waals surface area contributed by atoms with E-state index in [1.54, 1.807) is 0 Å². The molecular formula is C12H17NO. The van der Waals surface area contributed by atoms with Gasteiger partial charge in [-0.3, -0.25) is 0 Å². The zero-order chi connectivity index (χ0) is 9.97. The smallest absolute Gasteiger partial charge is 0.122 e. The third kappa shape index (κ3) is 1.90. The second kappa shape index (κ2) is 4.01. The first kappa shape index (κ1) is 9.53. The second-order valence-corrected chi connectivity index (χ2v) is 3.96. The van der Waals surface area contributed by atoms with E-state index in [9.17, 15) is 0 Å². The molecule has 2 heteroatoms. The van der Waals surface area contributed by atoms with Crippen LogP contribution in [0.25, 0.3) is 0 Å². The summed E-state index contributed by atoms with van der Waals surface area (Å²) in [4.78, 5) is 0. The van der Waals surface area contributed by atoms with Crippen molar-refractivity contribution in [2.24, 2.45) is 0 Å². The molecule has 0 spiro atoms. The van der Waals surface area contributed by atoms with Crippen LogP contribution in [-0.2, 0) is 0 Å². The fourth-order valence-corrected chi connectivity index (χ4v) is 1.77. The number of rotatable bonds is 3. The van der Waals surface area contributed by atoms with Gasteiger partial charge in [-0.05, 0) is 38.4 Å². The second-order valence-electron chi connectivity index (χ2n) is 3.96. The van der Waals surface area contributed by atoms with Gasteiger partial charge in [0, 0.05) is 6.04 Å². The molecule has 0 atom stereocenters. The minimum atomic E-state index is 0.411. The quantitative estimate of drug-likeness (QED) is 0.790. The predicted octanol–water partition coefficient (Wildman–Crippen LogP) is 2.12. The molecule has 2 nitrogen and oxygen atoms in total. The Hall–Kier alpha value is -1.02. The van der Waals surface area contributed by atoms with Gasteiger partial charge in [-0.2, -0.15) is 0 Å². The SMILES string of the molecule is CNC1CC(Oc2ccccc2C)C1. The Bertz CT molecular complexity index is 305. The third-order valence-corrected chi connectivity index (χ3v) is 2.89. The van der Waals surface area contributed by atoms with E-state index in [0.29, 0.717) is 12.1 Å². The largest absolute Gasteiger partial charge is 0.490 e. The fourth-order valence-electron chi connectivity index (χ4n) is 1.77. The van der Waals surface area contributed by atoms with E-state index in [1.807, 2.05) is 25.2 Å². The van der Waals surface area contributed by atoms with Crippen LogP contribution in [-0.4, -0.2) is 19.2 Å². The van der Waals surface area contributed by atoms with E-state index < -0.39 is 0 Å². The first-order valence-electron chi connectivity index (χ1n) is 5.19. The molecule has 0 heterocycles. The van der Waals surface area contributed by atoms with Gasteiger partial charge in [-0.15, -0.1) is 0 Å². The van der Waals surface area contributed by atoms with Crippen molar-refractivity contribution in [1.82, 2.24) is 5.32 Å². The number of hydrogen-bond acceptors (Lipinski definition) is 2. The Morgan fingerprint density at radius 2 is 2.00 bits per heavy atom. The standard InChI is InChI=1S/C12H17NO/c1-9-5-3-4-6-12(9)14-11-7-10(8-11)13-2/h3-6,10-11,13H,7-8H2,1-2H3. The van der Waals surface area contributed by atoms with Gasteiger partial charge < -0.3 is 10.1 Å². The van der Waals surface area contributed by atoms with Gasteiger partial charge in [-0.25, -0.2) is 0 Å². The zero-order valence-electron chi connectivity index (χ0n) is 8.79. The monoisotopic (exact) mass is 191 g/mol. The van der Waals surface area contributed by atoms with E-state index in [1.165, 1.54) is 5.56 Å². The molecule has 0 unspecified atom stereocenters. The van der Waals surface area contributed by atoms with Gasteiger partial charge in [0.25, 0.3) is 0 Å². The topological polar surface area (TPSA) is 21.3 Å². The molecule has 1 aromatic rings. The number of nitrogens with one attached hydrogen (secondary N) is 1. The van der Waals surface area contributed by atoms with Gasteiger partial charge in [-0.1, -0.05) is 18.2 Å². The summed E-state index contributed by atoms with van der Waals surface area (Å²) in [5.74, 6) is 1.03. The molecule has 76 valence electrons. The first-order chi connectivity index (χ1) is 6.79. The lowest BCUT2D eigenvalue weighted by Crippen LogP contribution is -2.45. The van der Waals surface area contributed by atoms with E-state index in [2.05, 4.69) is 18.3 Å². The van der Waals surface area contributed by atoms with Crippen LogP contribution in [0.1, 0.15) is 18.4 Å². The van der Waals surface area contributed by atoms with Gasteiger partial charge >= 0.3 is 0 Å². The van der Waals surface area contributed by atoms with Crippen molar-refractivity contribution in [3.63, 3.8) is 0 Å². The lowest BCUT2D eigenvalue weighted by atomic mass is 9.89. The van der Waals surface area contributed by atoms with Crippen LogP contribution in [0.4, 0.5) is 0 Å². The van der Waals surface area contributed by atoms with E-state index >= 15 is 0 Å². The number of benzene rings is 1. The van der Waals surface area contributed by atoms with E-state index in [4.69, 9.17) is 4.74 Å². The third-order valence-electron chi connectivity index (χ3n) is 2.89. The molecular weight excluding hydrogens is 174 g/mol. The molecule has 0 radical (unpaired) electrons. The van der Waals surface area contributed by atoms with Crippen LogP contribution in [0.2, 0.25) is 0 Å². The van der Waals surface area contributed by atoms with Crippen molar-refractivity contribution in [2.75, 3.05) is 7.05 Å². The number of aryl methyl sites for hydroxylation is 1. The molecule has 0 amide bonds. The minimum absolute atomic E-state index is 0.411. The van der Waals surface area contributed by atoms with Crippen molar-refractivity contribution in [3.8, 4) is 5.75 Å². The molecule has 1 saturated carbocycles. The van der Waals surface area contributed by atoms with Crippen LogP contribution in [0.15, 0.2) is 24.3 Å². The van der Waals surface area contributed by atoms with Crippen molar-refractivity contribution in [3.05, 3.63) is 29.8 Å². The molecule has 1 aromatic carbocycles. The van der Waals surface area contributed by atoms with E-state index in [-0.39, 0.29) is 0 Å². The summed E-state index contributed by atoms with van der Waals surface area (Å²) >= 11 is 0. The Morgan fingerprint density at radius 3 is 2.64 bits per heavy atom. The van der Waals surface area contributed by atoms with Gasteiger partial charge in [0.05, 0.1) is 0 Å². The summed E-state index contributed by atoms with van der Waals surface area (Å²) in [6.45, 7) is 2.09. The molecule has 1 aliphatic rings. The summed E-state index contributed by atoms with van der Waals surface area (Å²) in [7, 11) is 2.01. The lowest BCUT2D eigenvalue weighted by Gasteiger charge is -2.35. The highest BCUT2D eigenvalue weighted by molar-refractivity contribution is 5.32. The van der Waals surface area contributed by atoms with Crippen LogP contribution in [0.3, 0.4) is 0 Å². The van der Waals surface area contributed by atoms with Gasteiger partial charge in [0.15, 0.2) is 0 Å². The minimum Gasteiger partial charge on any atom is -0.490 e. The van der Waals surface area contributed by atoms with Crippen LogP contribution in [0.5, 0.6) is 5.75 Å². The Morgan fingerprint density at radius 1 is 1.29 bits per heavy atom. The molecule has 2 rings (SSSR count). The summed E-state index contributed by atoms with van der Waals surface area (Å²) in [6, 6.07) is 8.85. The molecule has 0 bridgehead atoms. The lowest BCUT2D eigenvalue weighted by molar-refractivity contribution is 0.0878. The summed E-state index contributed by atoms with van der Waals surface area (Å²) in [6.07, 6.45) is 2.67. The van der Waals surface area contributed by atoms with Crippen molar-refractivity contribution in [1.29, 1.82) is 0 Å². The van der Waals surface area contributed by atoms with Crippen LogP contribution in [0, 0.1) is 6.92 Å². The maximum absolute atomic E-state index is 5.87. The molecule has 0 aromatic heterocycles. The maximum atomic E-state index is 5.87. The Balaban J connectivity index is 1.90. The van der Waals surface area contributed by atoms with Crippen molar-refractivity contribution < 1.29 is 4.74 Å². The zero-order valence-corrected chi connectivity index (χ0v) is 8.79. The number of ether oxygens (including phenoxy) is 1. The molecule has 0 aliphatic heterocycles. The molecule has 1 N–H and O–H groups in total. The number of hydrogen-bond donors (Lipinski definition) is 1. The van der Waals surface area contributed by atoms with Crippen molar-refractivity contribution >= 4 is 0 Å². The fraction of sp³-hybridized carbons (Fsp3) is 0.500. The van der Waals surface area contributed by atoms with Crippen LogP contribution < -0.4 is 10.1 Å². The van der Waals surface area contributed by atoms with Gasteiger partial charge in [0.1, 0.15) is 11.9 Å². The molecule has 1 fully saturated rings. The average Bonchev–Trinajstić information content (AvgIpc) is 2.13.